The molecule has 2 saturated carbocycles. The van der Waals surface area contributed by atoms with Crippen LogP contribution >= 0.6 is 0 Å². The quantitative estimate of drug-likeness (QED) is 0.481. The molecule has 1 aromatic rings. The smallest absolute Gasteiger partial charge is 0.303 e. The van der Waals surface area contributed by atoms with Gasteiger partial charge < -0.3 is 5.11 Å². The zero-order chi connectivity index (χ0) is 20.1. The van der Waals surface area contributed by atoms with Crippen LogP contribution in [0.1, 0.15) is 44.1 Å². The molecule has 0 aromatic heterocycles. The first-order chi connectivity index (χ1) is 13.3. The number of fused-ring (bicyclic) bond motifs is 2. The van der Waals surface area contributed by atoms with E-state index in [1.54, 1.807) is 12.1 Å². The lowest BCUT2D eigenvalue weighted by atomic mass is 9.85. The molecule has 2 bridgehead atoms. The van der Waals surface area contributed by atoms with Crippen molar-refractivity contribution in [1.29, 1.82) is 0 Å². The van der Waals surface area contributed by atoms with Crippen LogP contribution in [-0.4, -0.2) is 25.5 Å². The average molecular weight is 404 g/mol. The summed E-state index contributed by atoms with van der Waals surface area (Å²) < 4.78 is 28.4. The topological polar surface area (TPSA) is 83.5 Å². The summed E-state index contributed by atoms with van der Waals surface area (Å²) in [6.45, 7) is 1.94. The third-order valence-electron chi connectivity index (χ3n) is 5.87. The monoisotopic (exact) mass is 403 g/mol. The van der Waals surface area contributed by atoms with E-state index in [0.29, 0.717) is 29.1 Å². The Morgan fingerprint density at radius 3 is 2.61 bits per heavy atom. The number of allylic oxidation sites excluding steroid dienone is 4. The Morgan fingerprint density at radius 2 is 1.93 bits per heavy atom. The van der Waals surface area contributed by atoms with Crippen molar-refractivity contribution in [3.63, 3.8) is 0 Å². The molecule has 2 N–H and O–H groups in total. The summed E-state index contributed by atoms with van der Waals surface area (Å²) in [4.78, 5) is 10.8. The maximum absolute atomic E-state index is 12.7. The molecule has 0 saturated heterocycles. The van der Waals surface area contributed by atoms with Crippen LogP contribution in [0.3, 0.4) is 0 Å². The molecule has 28 heavy (non-hydrogen) atoms. The number of carbonyl (C=O) groups is 1. The maximum Gasteiger partial charge on any atom is 0.303 e. The summed E-state index contributed by atoms with van der Waals surface area (Å²) in [6.07, 6.45) is 12.9. The molecule has 152 valence electrons. The molecule has 3 rings (SSSR count). The highest BCUT2D eigenvalue weighted by molar-refractivity contribution is 7.89. The number of carboxylic acids is 1. The van der Waals surface area contributed by atoms with Crippen molar-refractivity contribution in [3.8, 4) is 0 Å². The summed E-state index contributed by atoms with van der Waals surface area (Å²) in [7, 11) is -3.48. The van der Waals surface area contributed by atoms with E-state index in [2.05, 4.69) is 10.8 Å². The number of aryl methyl sites for hydroxylation is 1. The highest BCUT2D eigenvalue weighted by Gasteiger charge is 2.46. The van der Waals surface area contributed by atoms with E-state index in [0.717, 1.165) is 31.2 Å². The van der Waals surface area contributed by atoms with Gasteiger partial charge >= 0.3 is 5.97 Å². The highest BCUT2D eigenvalue weighted by Crippen LogP contribution is 2.49. The first-order valence-corrected chi connectivity index (χ1v) is 11.5. The van der Waals surface area contributed by atoms with Gasteiger partial charge in [-0.05, 0) is 68.9 Å². The van der Waals surface area contributed by atoms with Crippen molar-refractivity contribution in [2.45, 2.75) is 56.4 Å². The van der Waals surface area contributed by atoms with Crippen LogP contribution < -0.4 is 4.72 Å². The van der Waals surface area contributed by atoms with Gasteiger partial charge in [-0.1, -0.05) is 42.0 Å². The fourth-order valence-corrected chi connectivity index (χ4v) is 5.80. The van der Waals surface area contributed by atoms with Gasteiger partial charge in [0.05, 0.1) is 4.90 Å². The predicted octanol–water partition coefficient (Wildman–Crippen LogP) is 4.06. The second kappa shape index (κ2) is 9.05. The fourth-order valence-electron chi connectivity index (χ4n) is 4.50. The van der Waals surface area contributed by atoms with Crippen molar-refractivity contribution >= 4 is 16.0 Å². The van der Waals surface area contributed by atoms with Crippen molar-refractivity contribution in [2.24, 2.45) is 17.8 Å². The number of hydrogen-bond donors (Lipinski definition) is 2. The molecule has 1 aromatic carbocycles. The van der Waals surface area contributed by atoms with E-state index in [9.17, 15) is 13.2 Å². The van der Waals surface area contributed by atoms with E-state index in [1.807, 2.05) is 37.3 Å². The van der Waals surface area contributed by atoms with Crippen LogP contribution in [0.2, 0.25) is 0 Å². The van der Waals surface area contributed by atoms with Gasteiger partial charge in [0.2, 0.25) is 10.0 Å². The van der Waals surface area contributed by atoms with Crippen molar-refractivity contribution < 1.29 is 18.3 Å². The second-order valence-electron chi connectivity index (χ2n) is 8.04. The van der Waals surface area contributed by atoms with E-state index in [4.69, 9.17) is 5.11 Å². The Kier molecular flexibility index (Phi) is 6.73. The molecule has 2 aliphatic rings. The summed E-state index contributed by atoms with van der Waals surface area (Å²) in [5, 5.41) is 8.62. The SMILES string of the molecule is Cc1ccc(S(=O)(=O)NC2CC3CC(/C=C/C=C/CCCC(=O)O)C2C3)cc1. The average Bonchev–Trinajstić information content (AvgIpc) is 3.20. The molecule has 2 fully saturated rings. The Balaban J connectivity index is 1.54. The number of nitrogens with one attached hydrogen (secondary N) is 1. The summed E-state index contributed by atoms with van der Waals surface area (Å²) in [5.41, 5.74) is 1.04. The molecule has 5 nitrogen and oxygen atoms in total. The molecular weight excluding hydrogens is 374 g/mol. The number of carboxylic acid groups (broad SMARTS) is 1. The number of hydrogen-bond acceptors (Lipinski definition) is 3. The normalized spacial score (nSPS) is 27.2. The van der Waals surface area contributed by atoms with Crippen LogP contribution in [0, 0.1) is 24.7 Å². The molecule has 0 amide bonds. The minimum absolute atomic E-state index is 0.000695. The zero-order valence-electron chi connectivity index (χ0n) is 16.3. The fraction of sp³-hybridized carbons (Fsp3) is 0.500. The minimum Gasteiger partial charge on any atom is -0.481 e. The summed E-state index contributed by atoms with van der Waals surface area (Å²) >= 11 is 0. The van der Waals surface area contributed by atoms with Crippen LogP contribution in [0.25, 0.3) is 0 Å². The van der Waals surface area contributed by atoms with Crippen LogP contribution in [0.15, 0.2) is 53.5 Å². The first kappa shape index (κ1) is 20.8. The molecule has 2 aliphatic carbocycles. The van der Waals surface area contributed by atoms with Gasteiger partial charge in [-0.2, -0.15) is 0 Å². The lowest BCUT2D eigenvalue weighted by Gasteiger charge is -2.28. The van der Waals surface area contributed by atoms with Gasteiger partial charge in [0.15, 0.2) is 0 Å². The van der Waals surface area contributed by atoms with Crippen molar-refractivity contribution in [3.05, 3.63) is 54.1 Å². The Morgan fingerprint density at radius 1 is 1.18 bits per heavy atom. The number of sulfonamides is 1. The zero-order valence-corrected chi connectivity index (χ0v) is 17.1. The van der Waals surface area contributed by atoms with E-state index >= 15 is 0 Å². The molecule has 6 heteroatoms. The van der Waals surface area contributed by atoms with E-state index in [1.165, 1.54) is 0 Å². The van der Waals surface area contributed by atoms with E-state index in [-0.39, 0.29) is 12.5 Å². The number of benzene rings is 1. The Bertz CT molecular complexity index is 842. The van der Waals surface area contributed by atoms with Crippen LogP contribution in [-0.2, 0) is 14.8 Å². The standard InChI is InChI=1S/C22H29NO4S/c1-16-9-11-19(12-10-16)28(26,27)23-21-15-17-13-18(20(21)14-17)7-5-3-2-4-6-8-22(24)25/h2-3,5,7,9-12,17-18,20-21,23H,4,6,8,13-15H2,1H3,(H,24,25)/b3-2+,7-5+. The number of aliphatic carboxylic acids is 1. The molecule has 0 heterocycles. The predicted molar refractivity (Wildman–Crippen MR) is 109 cm³/mol. The minimum atomic E-state index is -3.48. The number of unbranched alkanes of at least 4 members (excludes halogenated alkanes) is 1. The van der Waals surface area contributed by atoms with Crippen LogP contribution in [0.4, 0.5) is 0 Å². The molecular formula is C22H29NO4S. The maximum atomic E-state index is 12.7. The van der Waals surface area contributed by atoms with Gasteiger partial charge in [0, 0.05) is 12.5 Å². The van der Waals surface area contributed by atoms with Crippen molar-refractivity contribution in [1.82, 2.24) is 4.72 Å². The van der Waals surface area contributed by atoms with Crippen LogP contribution in [0.5, 0.6) is 0 Å². The van der Waals surface area contributed by atoms with Gasteiger partial charge in [0.25, 0.3) is 0 Å². The molecule has 0 aliphatic heterocycles. The molecule has 4 unspecified atom stereocenters. The Labute approximate surface area is 167 Å². The Hall–Kier alpha value is -1.92. The van der Waals surface area contributed by atoms with Crippen molar-refractivity contribution in [2.75, 3.05) is 0 Å². The van der Waals surface area contributed by atoms with E-state index < -0.39 is 16.0 Å². The van der Waals surface area contributed by atoms with Gasteiger partial charge in [-0.3, -0.25) is 4.79 Å². The number of rotatable bonds is 9. The van der Waals surface area contributed by atoms with Gasteiger partial charge in [-0.25, -0.2) is 13.1 Å². The molecule has 4 atom stereocenters. The molecule has 0 spiro atoms. The third kappa shape index (κ3) is 5.32. The molecule has 0 radical (unpaired) electrons. The van der Waals surface area contributed by atoms with Gasteiger partial charge in [-0.15, -0.1) is 0 Å². The highest BCUT2D eigenvalue weighted by atomic mass is 32.2. The lowest BCUT2D eigenvalue weighted by molar-refractivity contribution is -0.137. The second-order valence-corrected chi connectivity index (χ2v) is 9.75. The summed E-state index contributed by atoms with van der Waals surface area (Å²) in [6, 6.07) is 6.97. The largest absolute Gasteiger partial charge is 0.481 e. The third-order valence-corrected chi connectivity index (χ3v) is 7.38. The lowest BCUT2D eigenvalue weighted by Crippen LogP contribution is -2.40. The first-order valence-electron chi connectivity index (χ1n) is 9.99. The summed E-state index contributed by atoms with van der Waals surface area (Å²) in [5.74, 6) is 0.574. The van der Waals surface area contributed by atoms with Gasteiger partial charge in [0.1, 0.15) is 0 Å².